The van der Waals surface area contributed by atoms with Crippen LogP contribution in [-0.2, 0) is 13.0 Å². The standard InChI is InChI=1S/C16H17ClN2O/c17-14-9-19-8-7-11(14)10-20-16-6-2-3-12-13(16)4-1-5-15(12)18/h2-3,6-9,15H,1,4-5,10,18H2. The molecule has 0 saturated carbocycles. The van der Waals surface area contributed by atoms with Crippen LogP contribution in [-0.4, -0.2) is 4.98 Å². The summed E-state index contributed by atoms with van der Waals surface area (Å²) in [5.74, 6) is 0.922. The fourth-order valence-electron chi connectivity index (χ4n) is 2.66. The Morgan fingerprint density at radius 1 is 1.35 bits per heavy atom. The third-order valence-electron chi connectivity index (χ3n) is 3.75. The fourth-order valence-corrected chi connectivity index (χ4v) is 2.84. The first-order chi connectivity index (χ1) is 9.75. The number of halogens is 1. The summed E-state index contributed by atoms with van der Waals surface area (Å²) in [6.07, 6.45) is 6.55. The monoisotopic (exact) mass is 288 g/mol. The van der Waals surface area contributed by atoms with Crippen LogP contribution in [0.15, 0.2) is 36.7 Å². The third-order valence-corrected chi connectivity index (χ3v) is 4.09. The zero-order valence-electron chi connectivity index (χ0n) is 11.2. The van der Waals surface area contributed by atoms with E-state index in [-0.39, 0.29) is 6.04 Å². The number of benzene rings is 1. The Balaban J connectivity index is 1.82. The molecule has 0 radical (unpaired) electrons. The molecule has 1 heterocycles. The molecule has 1 aromatic carbocycles. The minimum Gasteiger partial charge on any atom is -0.489 e. The van der Waals surface area contributed by atoms with Crippen molar-refractivity contribution in [2.75, 3.05) is 0 Å². The van der Waals surface area contributed by atoms with Crippen LogP contribution in [0.4, 0.5) is 0 Å². The summed E-state index contributed by atoms with van der Waals surface area (Å²) in [6, 6.07) is 8.13. The molecule has 0 aliphatic heterocycles. The third kappa shape index (κ3) is 2.65. The number of rotatable bonds is 3. The predicted octanol–water partition coefficient (Wildman–Crippen LogP) is 3.65. The lowest BCUT2D eigenvalue weighted by Crippen LogP contribution is -2.18. The van der Waals surface area contributed by atoms with E-state index in [4.69, 9.17) is 22.1 Å². The zero-order valence-corrected chi connectivity index (χ0v) is 11.9. The fraction of sp³-hybridized carbons (Fsp3) is 0.312. The van der Waals surface area contributed by atoms with E-state index in [1.165, 1.54) is 11.1 Å². The number of pyridine rings is 1. The highest BCUT2D eigenvalue weighted by molar-refractivity contribution is 6.31. The molecule has 2 aromatic rings. The van der Waals surface area contributed by atoms with E-state index >= 15 is 0 Å². The van der Waals surface area contributed by atoms with Gasteiger partial charge in [0.05, 0.1) is 5.02 Å². The number of nitrogens with two attached hydrogens (primary N) is 1. The van der Waals surface area contributed by atoms with Gasteiger partial charge in [-0.25, -0.2) is 0 Å². The molecule has 0 spiro atoms. The van der Waals surface area contributed by atoms with Crippen molar-refractivity contribution in [3.63, 3.8) is 0 Å². The Labute approximate surface area is 123 Å². The van der Waals surface area contributed by atoms with Gasteiger partial charge in [0.15, 0.2) is 0 Å². The zero-order chi connectivity index (χ0) is 13.9. The second kappa shape index (κ2) is 5.81. The highest BCUT2D eigenvalue weighted by Gasteiger charge is 2.19. The first-order valence-electron chi connectivity index (χ1n) is 6.84. The van der Waals surface area contributed by atoms with E-state index in [2.05, 4.69) is 11.1 Å². The lowest BCUT2D eigenvalue weighted by atomic mass is 9.87. The predicted molar refractivity (Wildman–Crippen MR) is 79.9 cm³/mol. The number of fused-ring (bicyclic) bond motifs is 1. The van der Waals surface area contributed by atoms with Crippen LogP contribution in [0, 0.1) is 0 Å². The van der Waals surface area contributed by atoms with Gasteiger partial charge in [-0.05, 0) is 42.5 Å². The molecule has 0 fully saturated rings. The first-order valence-corrected chi connectivity index (χ1v) is 7.22. The molecule has 3 nitrogen and oxygen atoms in total. The molecule has 104 valence electrons. The van der Waals surface area contributed by atoms with Crippen molar-refractivity contribution in [2.45, 2.75) is 31.9 Å². The lowest BCUT2D eigenvalue weighted by molar-refractivity contribution is 0.300. The second-order valence-corrected chi connectivity index (χ2v) is 5.49. The summed E-state index contributed by atoms with van der Waals surface area (Å²) >= 11 is 6.09. The summed E-state index contributed by atoms with van der Waals surface area (Å²) in [4.78, 5) is 3.98. The molecule has 1 aromatic heterocycles. The number of ether oxygens (including phenoxy) is 1. The average Bonchev–Trinajstić information content (AvgIpc) is 2.47. The van der Waals surface area contributed by atoms with Gasteiger partial charge in [-0.15, -0.1) is 0 Å². The first kappa shape index (κ1) is 13.4. The molecular weight excluding hydrogens is 272 g/mol. The van der Waals surface area contributed by atoms with Crippen molar-refractivity contribution in [3.05, 3.63) is 58.4 Å². The minimum atomic E-state index is 0.131. The van der Waals surface area contributed by atoms with Gasteiger partial charge in [-0.1, -0.05) is 23.7 Å². The van der Waals surface area contributed by atoms with E-state index in [1.54, 1.807) is 12.4 Å². The molecule has 2 N–H and O–H groups in total. The number of aromatic nitrogens is 1. The molecule has 0 amide bonds. The molecule has 4 heteroatoms. The van der Waals surface area contributed by atoms with Crippen LogP contribution in [0.2, 0.25) is 5.02 Å². The maximum atomic E-state index is 6.16. The maximum absolute atomic E-state index is 6.16. The van der Waals surface area contributed by atoms with Gasteiger partial charge in [0, 0.05) is 24.0 Å². The maximum Gasteiger partial charge on any atom is 0.123 e. The van der Waals surface area contributed by atoms with Crippen LogP contribution in [0.5, 0.6) is 5.75 Å². The van der Waals surface area contributed by atoms with Gasteiger partial charge in [-0.3, -0.25) is 4.98 Å². The quantitative estimate of drug-likeness (QED) is 0.938. The van der Waals surface area contributed by atoms with Gasteiger partial charge in [0.2, 0.25) is 0 Å². The molecule has 0 saturated heterocycles. The van der Waals surface area contributed by atoms with Crippen molar-refractivity contribution in [1.29, 1.82) is 0 Å². The number of hydrogen-bond acceptors (Lipinski definition) is 3. The number of hydrogen-bond donors (Lipinski definition) is 1. The van der Waals surface area contributed by atoms with Crippen LogP contribution in [0.3, 0.4) is 0 Å². The molecule has 1 aliphatic carbocycles. The Bertz CT molecular complexity index is 615. The van der Waals surface area contributed by atoms with Gasteiger partial charge in [0.25, 0.3) is 0 Å². The van der Waals surface area contributed by atoms with Crippen molar-refractivity contribution in [2.24, 2.45) is 5.73 Å². The molecule has 3 rings (SSSR count). The van der Waals surface area contributed by atoms with E-state index in [0.29, 0.717) is 11.6 Å². The largest absolute Gasteiger partial charge is 0.489 e. The van der Waals surface area contributed by atoms with E-state index in [1.807, 2.05) is 18.2 Å². The summed E-state index contributed by atoms with van der Waals surface area (Å²) in [5, 5.41) is 0.633. The Morgan fingerprint density at radius 3 is 3.10 bits per heavy atom. The lowest BCUT2D eigenvalue weighted by Gasteiger charge is -2.24. The normalized spacial score (nSPS) is 17.6. The topological polar surface area (TPSA) is 48.1 Å². The van der Waals surface area contributed by atoms with Crippen molar-refractivity contribution in [1.82, 2.24) is 4.98 Å². The summed E-state index contributed by atoms with van der Waals surface area (Å²) in [7, 11) is 0. The average molecular weight is 289 g/mol. The van der Waals surface area contributed by atoms with Crippen LogP contribution in [0.1, 0.15) is 35.6 Å². The SMILES string of the molecule is NC1CCCc2c(OCc3ccncc3Cl)cccc21. The van der Waals surface area contributed by atoms with Gasteiger partial charge >= 0.3 is 0 Å². The van der Waals surface area contributed by atoms with Gasteiger partial charge < -0.3 is 10.5 Å². The van der Waals surface area contributed by atoms with E-state index in [0.717, 1.165) is 30.6 Å². The summed E-state index contributed by atoms with van der Waals surface area (Å²) in [6.45, 7) is 0.451. The number of nitrogens with zero attached hydrogens (tertiary/aromatic N) is 1. The van der Waals surface area contributed by atoms with Gasteiger partial charge in [0.1, 0.15) is 12.4 Å². The van der Waals surface area contributed by atoms with Crippen molar-refractivity contribution in [3.8, 4) is 5.75 Å². The molecule has 1 aliphatic rings. The highest BCUT2D eigenvalue weighted by atomic mass is 35.5. The molecule has 1 atom stereocenters. The Morgan fingerprint density at radius 2 is 2.25 bits per heavy atom. The van der Waals surface area contributed by atoms with Crippen LogP contribution >= 0.6 is 11.6 Å². The Kier molecular flexibility index (Phi) is 3.90. The second-order valence-electron chi connectivity index (χ2n) is 5.08. The molecular formula is C16H17ClN2O. The molecule has 20 heavy (non-hydrogen) atoms. The van der Waals surface area contributed by atoms with Crippen LogP contribution in [0.25, 0.3) is 0 Å². The van der Waals surface area contributed by atoms with E-state index in [9.17, 15) is 0 Å². The highest BCUT2D eigenvalue weighted by Crippen LogP contribution is 2.34. The molecule has 0 bridgehead atoms. The van der Waals surface area contributed by atoms with Crippen molar-refractivity contribution >= 4 is 11.6 Å². The van der Waals surface area contributed by atoms with Crippen molar-refractivity contribution < 1.29 is 4.74 Å². The minimum absolute atomic E-state index is 0.131. The van der Waals surface area contributed by atoms with Gasteiger partial charge in [-0.2, -0.15) is 0 Å². The Hall–Kier alpha value is -1.58. The van der Waals surface area contributed by atoms with Crippen LogP contribution < -0.4 is 10.5 Å². The smallest absolute Gasteiger partial charge is 0.123 e. The summed E-state index contributed by atoms with van der Waals surface area (Å²) in [5.41, 5.74) is 9.57. The summed E-state index contributed by atoms with van der Waals surface area (Å²) < 4.78 is 5.95. The van der Waals surface area contributed by atoms with E-state index < -0.39 is 0 Å². The molecule has 1 unspecified atom stereocenters.